The van der Waals surface area contributed by atoms with E-state index in [4.69, 9.17) is 0 Å². The molecule has 2 N–H and O–H groups in total. The van der Waals surface area contributed by atoms with Crippen molar-refractivity contribution < 1.29 is 10.2 Å². The van der Waals surface area contributed by atoms with Gasteiger partial charge in [0.1, 0.15) is 6.10 Å². The SMILES string of the molecule is CCC(O)C(O)c1ccc2ncccc2c1. The lowest BCUT2D eigenvalue weighted by molar-refractivity contribution is 0.0165. The Bertz CT molecular complexity index is 484. The Kier molecular flexibility index (Phi) is 3.17. The van der Waals surface area contributed by atoms with E-state index in [1.807, 2.05) is 31.2 Å². The Labute approximate surface area is 94.4 Å². The van der Waals surface area contributed by atoms with Crippen LogP contribution < -0.4 is 0 Å². The van der Waals surface area contributed by atoms with Crippen molar-refractivity contribution in [1.29, 1.82) is 0 Å². The summed E-state index contributed by atoms with van der Waals surface area (Å²) in [6, 6.07) is 9.33. The molecule has 0 amide bonds. The normalized spacial score (nSPS) is 14.9. The lowest BCUT2D eigenvalue weighted by Crippen LogP contribution is -2.16. The van der Waals surface area contributed by atoms with E-state index in [0.717, 1.165) is 16.5 Å². The molecule has 2 rings (SSSR count). The van der Waals surface area contributed by atoms with E-state index in [2.05, 4.69) is 4.98 Å². The number of aliphatic hydroxyl groups is 2. The Morgan fingerprint density at radius 1 is 1.25 bits per heavy atom. The highest BCUT2D eigenvalue weighted by atomic mass is 16.3. The maximum atomic E-state index is 9.88. The highest BCUT2D eigenvalue weighted by Gasteiger charge is 2.16. The molecule has 0 aliphatic carbocycles. The van der Waals surface area contributed by atoms with Crippen LogP contribution in [-0.4, -0.2) is 21.3 Å². The van der Waals surface area contributed by atoms with Crippen LogP contribution in [0, 0.1) is 0 Å². The lowest BCUT2D eigenvalue weighted by atomic mass is 10.0. The Balaban J connectivity index is 2.39. The molecule has 0 bridgehead atoms. The van der Waals surface area contributed by atoms with Gasteiger partial charge in [-0.3, -0.25) is 4.98 Å². The maximum absolute atomic E-state index is 9.88. The molecule has 0 fully saturated rings. The van der Waals surface area contributed by atoms with Crippen molar-refractivity contribution in [2.75, 3.05) is 0 Å². The third kappa shape index (κ3) is 2.05. The molecule has 1 aromatic heterocycles. The molecule has 0 spiro atoms. The lowest BCUT2D eigenvalue weighted by Gasteiger charge is -2.16. The summed E-state index contributed by atoms with van der Waals surface area (Å²) in [5.41, 5.74) is 1.62. The fraction of sp³-hybridized carbons (Fsp3) is 0.308. The molecular formula is C13H15NO2. The van der Waals surface area contributed by atoms with Gasteiger partial charge in [-0.2, -0.15) is 0 Å². The highest BCUT2D eigenvalue weighted by Crippen LogP contribution is 2.22. The van der Waals surface area contributed by atoms with Gasteiger partial charge in [0, 0.05) is 11.6 Å². The van der Waals surface area contributed by atoms with Crippen LogP contribution in [-0.2, 0) is 0 Å². The summed E-state index contributed by atoms with van der Waals surface area (Å²) in [5.74, 6) is 0. The van der Waals surface area contributed by atoms with Crippen LogP contribution in [0.15, 0.2) is 36.5 Å². The van der Waals surface area contributed by atoms with E-state index in [9.17, 15) is 10.2 Å². The third-order valence-electron chi connectivity index (χ3n) is 2.75. The average molecular weight is 217 g/mol. The van der Waals surface area contributed by atoms with Crippen LogP contribution in [0.5, 0.6) is 0 Å². The van der Waals surface area contributed by atoms with Crippen molar-refractivity contribution in [2.24, 2.45) is 0 Å². The minimum atomic E-state index is -0.824. The molecule has 0 saturated heterocycles. The summed E-state index contributed by atoms with van der Waals surface area (Å²) in [5, 5.41) is 20.4. The minimum Gasteiger partial charge on any atom is -0.390 e. The van der Waals surface area contributed by atoms with Crippen molar-refractivity contribution in [3.8, 4) is 0 Å². The van der Waals surface area contributed by atoms with Crippen molar-refractivity contribution in [1.82, 2.24) is 4.98 Å². The van der Waals surface area contributed by atoms with Crippen molar-refractivity contribution >= 4 is 10.9 Å². The summed E-state index contributed by atoms with van der Waals surface area (Å²) >= 11 is 0. The van der Waals surface area contributed by atoms with E-state index in [-0.39, 0.29) is 0 Å². The second-order valence-electron chi connectivity index (χ2n) is 3.88. The zero-order valence-corrected chi connectivity index (χ0v) is 9.17. The second-order valence-corrected chi connectivity index (χ2v) is 3.88. The predicted octanol–water partition coefficient (Wildman–Crippen LogP) is 2.04. The molecule has 1 heterocycles. The summed E-state index contributed by atoms with van der Waals surface area (Å²) in [7, 11) is 0. The topological polar surface area (TPSA) is 53.4 Å². The van der Waals surface area contributed by atoms with Crippen LogP contribution in [0.3, 0.4) is 0 Å². The van der Waals surface area contributed by atoms with Gasteiger partial charge in [0.15, 0.2) is 0 Å². The van der Waals surface area contributed by atoms with E-state index in [1.165, 1.54) is 0 Å². The van der Waals surface area contributed by atoms with E-state index in [0.29, 0.717) is 6.42 Å². The molecule has 16 heavy (non-hydrogen) atoms. The van der Waals surface area contributed by atoms with Gasteiger partial charge in [0.2, 0.25) is 0 Å². The van der Waals surface area contributed by atoms with Crippen molar-refractivity contribution in [3.63, 3.8) is 0 Å². The largest absolute Gasteiger partial charge is 0.390 e. The van der Waals surface area contributed by atoms with Gasteiger partial charge in [0.25, 0.3) is 0 Å². The number of pyridine rings is 1. The summed E-state index contributed by atoms with van der Waals surface area (Å²) in [6.07, 6.45) is 0.731. The van der Waals surface area contributed by atoms with Crippen molar-refractivity contribution in [3.05, 3.63) is 42.1 Å². The number of nitrogens with zero attached hydrogens (tertiary/aromatic N) is 1. The first-order valence-corrected chi connectivity index (χ1v) is 5.43. The first-order valence-electron chi connectivity index (χ1n) is 5.43. The fourth-order valence-corrected chi connectivity index (χ4v) is 1.72. The molecule has 0 aliphatic heterocycles. The molecule has 3 heteroatoms. The van der Waals surface area contributed by atoms with E-state index >= 15 is 0 Å². The number of hydrogen-bond donors (Lipinski definition) is 2. The molecule has 1 aromatic carbocycles. The van der Waals surface area contributed by atoms with Gasteiger partial charge in [-0.15, -0.1) is 0 Å². The van der Waals surface area contributed by atoms with Gasteiger partial charge < -0.3 is 10.2 Å². The monoisotopic (exact) mass is 217 g/mol. The molecule has 2 unspecified atom stereocenters. The molecule has 2 atom stereocenters. The Hall–Kier alpha value is -1.45. The van der Waals surface area contributed by atoms with Gasteiger partial charge in [-0.25, -0.2) is 0 Å². The quantitative estimate of drug-likeness (QED) is 0.827. The summed E-state index contributed by atoms with van der Waals surface area (Å²) < 4.78 is 0. The smallest absolute Gasteiger partial charge is 0.105 e. The Morgan fingerprint density at radius 3 is 2.81 bits per heavy atom. The van der Waals surface area contributed by atoms with Gasteiger partial charge in [-0.05, 0) is 30.2 Å². The van der Waals surface area contributed by atoms with Gasteiger partial charge >= 0.3 is 0 Å². The first-order chi connectivity index (χ1) is 7.72. The number of rotatable bonds is 3. The predicted molar refractivity (Wildman–Crippen MR) is 63.0 cm³/mol. The zero-order valence-electron chi connectivity index (χ0n) is 9.17. The number of aliphatic hydroxyl groups excluding tert-OH is 2. The number of aromatic nitrogens is 1. The highest BCUT2D eigenvalue weighted by molar-refractivity contribution is 5.79. The molecule has 84 valence electrons. The summed E-state index contributed by atoms with van der Waals surface area (Å²) in [4.78, 5) is 4.20. The molecule has 0 radical (unpaired) electrons. The Morgan fingerprint density at radius 2 is 2.06 bits per heavy atom. The van der Waals surface area contributed by atoms with E-state index in [1.54, 1.807) is 12.3 Å². The third-order valence-corrected chi connectivity index (χ3v) is 2.75. The van der Waals surface area contributed by atoms with E-state index < -0.39 is 12.2 Å². The molecule has 0 saturated carbocycles. The maximum Gasteiger partial charge on any atom is 0.105 e. The summed E-state index contributed by atoms with van der Waals surface area (Å²) in [6.45, 7) is 1.84. The number of fused-ring (bicyclic) bond motifs is 1. The van der Waals surface area contributed by atoms with Gasteiger partial charge in [0.05, 0.1) is 11.6 Å². The first kappa shape index (κ1) is 11.0. The molecule has 0 aliphatic rings. The average Bonchev–Trinajstić information content (AvgIpc) is 2.36. The zero-order chi connectivity index (χ0) is 11.5. The second kappa shape index (κ2) is 4.60. The standard InChI is InChI=1S/C13H15NO2/c1-2-12(15)13(16)10-5-6-11-9(8-10)4-3-7-14-11/h3-8,12-13,15-16H,2H2,1H3. The van der Waals surface area contributed by atoms with Crippen LogP contribution in [0.4, 0.5) is 0 Å². The van der Waals surface area contributed by atoms with Gasteiger partial charge in [-0.1, -0.05) is 19.1 Å². The molecular weight excluding hydrogens is 202 g/mol. The van der Waals surface area contributed by atoms with Crippen molar-refractivity contribution in [2.45, 2.75) is 25.6 Å². The number of benzene rings is 1. The fourth-order valence-electron chi connectivity index (χ4n) is 1.72. The minimum absolute atomic E-state index is 0.534. The molecule has 2 aromatic rings. The van der Waals surface area contributed by atoms with Crippen LogP contribution in [0.25, 0.3) is 10.9 Å². The van der Waals surface area contributed by atoms with Crippen LogP contribution in [0.2, 0.25) is 0 Å². The number of hydrogen-bond acceptors (Lipinski definition) is 3. The van der Waals surface area contributed by atoms with Crippen LogP contribution in [0.1, 0.15) is 25.0 Å². The van der Waals surface area contributed by atoms with Crippen LogP contribution >= 0.6 is 0 Å². The molecule has 3 nitrogen and oxygen atoms in total.